The van der Waals surface area contributed by atoms with Crippen LogP contribution in [0.25, 0.3) is 0 Å². The van der Waals surface area contributed by atoms with Crippen molar-refractivity contribution in [1.82, 2.24) is 19.4 Å². The molecule has 2 aromatic rings. The molecule has 7 heteroatoms. The number of ether oxygens (including phenoxy) is 2. The van der Waals surface area contributed by atoms with Crippen molar-refractivity contribution >= 4 is 5.91 Å². The number of imidazole rings is 1. The molecule has 4 rings (SSSR count). The molecule has 168 valence electrons. The average Bonchev–Trinajstić information content (AvgIpc) is 3.46. The van der Waals surface area contributed by atoms with Crippen LogP contribution in [-0.4, -0.2) is 72.3 Å². The van der Waals surface area contributed by atoms with Gasteiger partial charge in [0.05, 0.1) is 31.2 Å². The quantitative estimate of drug-likeness (QED) is 0.650. The summed E-state index contributed by atoms with van der Waals surface area (Å²) < 4.78 is 12.9. The molecule has 2 aliphatic rings. The molecule has 1 aromatic heterocycles. The topological polar surface area (TPSA) is 59.8 Å². The summed E-state index contributed by atoms with van der Waals surface area (Å²) >= 11 is 0. The van der Waals surface area contributed by atoms with Gasteiger partial charge in [0.25, 0.3) is 0 Å². The van der Waals surface area contributed by atoms with Gasteiger partial charge in [0.2, 0.25) is 5.91 Å². The first-order chi connectivity index (χ1) is 15.0. The van der Waals surface area contributed by atoms with Crippen molar-refractivity contribution in [2.45, 2.75) is 38.8 Å². The lowest BCUT2D eigenvalue weighted by Gasteiger charge is -2.28. The molecule has 0 unspecified atom stereocenters. The molecule has 31 heavy (non-hydrogen) atoms. The third kappa shape index (κ3) is 4.08. The molecule has 2 aliphatic heterocycles. The largest absolute Gasteiger partial charge is 0.496 e. The molecule has 0 saturated carbocycles. The van der Waals surface area contributed by atoms with Crippen molar-refractivity contribution in [2.24, 2.45) is 5.41 Å². The minimum Gasteiger partial charge on any atom is -0.496 e. The van der Waals surface area contributed by atoms with Crippen LogP contribution < -0.4 is 4.74 Å². The summed E-state index contributed by atoms with van der Waals surface area (Å²) in [7, 11) is 3.39. The Morgan fingerprint density at radius 2 is 2.06 bits per heavy atom. The summed E-state index contributed by atoms with van der Waals surface area (Å²) in [4.78, 5) is 22.8. The zero-order valence-corrected chi connectivity index (χ0v) is 19.1. The second-order valence-corrected chi connectivity index (χ2v) is 9.06. The van der Waals surface area contributed by atoms with E-state index in [0.717, 1.165) is 49.6 Å². The molecule has 2 fully saturated rings. The van der Waals surface area contributed by atoms with Crippen molar-refractivity contribution in [1.29, 1.82) is 0 Å². The van der Waals surface area contributed by atoms with Gasteiger partial charge >= 0.3 is 0 Å². The highest BCUT2D eigenvalue weighted by molar-refractivity contribution is 5.86. The van der Waals surface area contributed by atoms with E-state index in [1.165, 1.54) is 0 Å². The Labute approximate surface area is 184 Å². The second kappa shape index (κ2) is 9.01. The predicted octanol–water partition coefficient (Wildman–Crippen LogP) is 2.94. The summed E-state index contributed by atoms with van der Waals surface area (Å²) in [5.74, 6) is 1.22. The summed E-state index contributed by atoms with van der Waals surface area (Å²) in [6.07, 6.45) is 4.89. The first-order valence-electron chi connectivity index (χ1n) is 11.1. The van der Waals surface area contributed by atoms with Crippen LogP contribution in [0.3, 0.4) is 0 Å². The van der Waals surface area contributed by atoms with Crippen molar-refractivity contribution in [3.63, 3.8) is 0 Å². The number of likely N-dealkylation sites (tertiary alicyclic amines) is 2. The van der Waals surface area contributed by atoms with E-state index < -0.39 is 5.41 Å². The van der Waals surface area contributed by atoms with Gasteiger partial charge < -0.3 is 18.9 Å². The first-order valence-corrected chi connectivity index (χ1v) is 11.1. The number of methoxy groups -OCH3 is 2. The van der Waals surface area contributed by atoms with E-state index in [9.17, 15) is 4.79 Å². The summed E-state index contributed by atoms with van der Waals surface area (Å²) in [6.45, 7) is 8.62. The monoisotopic (exact) mass is 426 g/mol. The van der Waals surface area contributed by atoms with E-state index >= 15 is 0 Å². The molecule has 7 nitrogen and oxygen atoms in total. The number of rotatable bonds is 8. The molecule has 1 aromatic carbocycles. The fourth-order valence-electron chi connectivity index (χ4n) is 5.14. The number of carbonyl (C=O) groups excluding carboxylic acids is 1. The number of carbonyl (C=O) groups is 1. The van der Waals surface area contributed by atoms with E-state index in [2.05, 4.69) is 35.6 Å². The normalized spacial score (nSPS) is 24.1. The zero-order chi connectivity index (χ0) is 22.0. The minimum absolute atomic E-state index is 0.0854. The zero-order valence-electron chi connectivity index (χ0n) is 19.1. The van der Waals surface area contributed by atoms with Gasteiger partial charge in [0.15, 0.2) is 0 Å². The van der Waals surface area contributed by atoms with Crippen LogP contribution in [0.5, 0.6) is 5.75 Å². The van der Waals surface area contributed by atoms with E-state index in [1.54, 1.807) is 14.2 Å². The number of aromatic nitrogens is 2. The number of para-hydroxylation sites is 1. The van der Waals surface area contributed by atoms with Crippen LogP contribution in [0.1, 0.15) is 43.5 Å². The van der Waals surface area contributed by atoms with Crippen LogP contribution >= 0.6 is 0 Å². The van der Waals surface area contributed by atoms with Crippen LogP contribution in [0.15, 0.2) is 36.8 Å². The van der Waals surface area contributed by atoms with Crippen molar-refractivity contribution in [3.05, 3.63) is 48.0 Å². The summed E-state index contributed by atoms with van der Waals surface area (Å²) in [5.41, 5.74) is 1.75. The Morgan fingerprint density at radius 3 is 2.77 bits per heavy atom. The van der Waals surface area contributed by atoms with Crippen LogP contribution in [0.4, 0.5) is 0 Å². The maximum atomic E-state index is 13.7. The maximum Gasteiger partial charge on any atom is 0.230 e. The van der Waals surface area contributed by atoms with E-state index in [0.29, 0.717) is 19.2 Å². The lowest BCUT2D eigenvalue weighted by molar-refractivity contribution is -0.136. The first kappa shape index (κ1) is 21.8. The molecular weight excluding hydrogens is 392 g/mol. The molecule has 0 N–H and O–H groups in total. The van der Waals surface area contributed by atoms with Crippen molar-refractivity contribution < 1.29 is 14.3 Å². The summed E-state index contributed by atoms with van der Waals surface area (Å²) in [6, 6.07) is 8.48. The molecule has 0 bridgehead atoms. The highest BCUT2D eigenvalue weighted by Gasteiger charge is 2.57. The molecule has 3 heterocycles. The molecule has 2 atom stereocenters. The molecular formula is C24H34N4O3. The number of hydrogen-bond acceptors (Lipinski definition) is 5. The molecule has 0 aliphatic carbocycles. The minimum atomic E-state index is -0.425. The highest BCUT2D eigenvalue weighted by atomic mass is 16.5. The Morgan fingerprint density at radius 1 is 1.26 bits per heavy atom. The van der Waals surface area contributed by atoms with Gasteiger partial charge in [0.1, 0.15) is 5.75 Å². The fourth-order valence-corrected chi connectivity index (χ4v) is 5.14. The summed E-state index contributed by atoms with van der Waals surface area (Å²) in [5, 5.41) is 0. The SMILES string of the molecule is COCCN1CC[C@@]2(CN(Cc3ccccc3OC)C[C@H]2c2cn(C(C)C)cn2)C1=O. The maximum absolute atomic E-state index is 13.7. The molecule has 2 saturated heterocycles. The smallest absolute Gasteiger partial charge is 0.230 e. The van der Waals surface area contributed by atoms with Crippen LogP contribution in [0, 0.1) is 5.41 Å². The Kier molecular flexibility index (Phi) is 6.34. The standard InChI is InChI=1S/C24H34N4O3/c1-18(2)28-15-21(25-17-28)20-14-26(13-19-7-5-6-8-22(19)31-4)16-24(20)9-10-27(23(24)29)11-12-30-3/h5-8,15,17-18,20H,9-14,16H2,1-4H3/t20-,24-/m0/s1. The third-order valence-electron chi connectivity index (χ3n) is 6.88. The number of amides is 1. The molecule has 1 spiro atoms. The molecule has 1 amide bonds. The Hall–Kier alpha value is -2.38. The van der Waals surface area contributed by atoms with Crippen LogP contribution in [0.2, 0.25) is 0 Å². The predicted molar refractivity (Wildman–Crippen MR) is 119 cm³/mol. The number of nitrogens with zero attached hydrogens (tertiary/aromatic N) is 4. The Bertz CT molecular complexity index is 912. The van der Waals surface area contributed by atoms with Crippen molar-refractivity contribution in [2.75, 3.05) is 47.0 Å². The van der Waals surface area contributed by atoms with Gasteiger partial charge in [-0.25, -0.2) is 4.98 Å². The van der Waals surface area contributed by atoms with Crippen LogP contribution in [-0.2, 0) is 16.1 Å². The van der Waals surface area contributed by atoms with E-state index in [-0.39, 0.29) is 11.8 Å². The Balaban J connectivity index is 1.63. The van der Waals surface area contributed by atoms with E-state index in [4.69, 9.17) is 14.5 Å². The van der Waals surface area contributed by atoms with Gasteiger partial charge in [-0.1, -0.05) is 18.2 Å². The fraction of sp³-hybridized carbons (Fsp3) is 0.583. The van der Waals surface area contributed by atoms with Gasteiger partial charge in [-0.05, 0) is 26.3 Å². The lowest BCUT2D eigenvalue weighted by atomic mass is 9.75. The highest BCUT2D eigenvalue weighted by Crippen LogP contribution is 2.50. The number of hydrogen-bond donors (Lipinski definition) is 0. The average molecular weight is 427 g/mol. The second-order valence-electron chi connectivity index (χ2n) is 9.06. The van der Waals surface area contributed by atoms with Gasteiger partial charge in [-0.15, -0.1) is 0 Å². The van der Waals surface area contributed by atoms with Gasteiger partial charge in [0, 0.05) is 63.6 Å². The van der Waals surface area contributed by atoms with Crippen molar-refractivity contribution in [3.8, 4) is 5.75 Å². The third-order valence-corrected chi connectivity index (χ3v) is 6.88. The number of benzene rings is 1. The van der Waals surface area contributed by atoms with Gasteiger partial charge in [-0.2, -0.15) is 0 Å². The molecule has 0 radical (unpaired) electrons. The lowest BCUT2D eigenvalue weighted by Crippen LogP contribution is -2.40. The van der Waals surface area contributed by atoms with Gasteiger partial charge in [-0.3, -0.25) is 9.69 Å². The van der Waals surface area contributed by atoms with E-state index in [1.807, 2.05) is 29.4 Å².